The molecule has 2 aromatic heterocycles. The minimum atomic E-state index is 0.650. The molecule has 0 aliphatic heterocycles. The first kappa shape index (κ1) is 14.2. The molecular weight excluding hydrogens is 350 g/mol. The van der Waals surface area contributed by atoms with Gasteiger partial charge >= 0.3 is 0 Å². The largest absolute Gasteiger partial charge is 0.496 e. The van der Waals surface area contributed by atoms with Crippen molar-refractivity contribution in [1.82, 2.24) is 9.78 Å². The van der Waals surface area contributed by atoms with Crippen LogP contribution in [0, 0.1) is 0 Å². The van der Waals surface area contributed by atoms with Crippen molar-refractivity contribution in [3.8, 4) is 27.4 Å². The first-order valence-electron chi connectivity index (χ1n) is 6.32. The standard InChI is InChI=1S/C15H14BrN3OS/c1-19-15(17)13(12-4-3-7-21-12)14(18-19)10-6-5-9(16)8-11(10)20-2/h3-8H,17H2,1-2H3. The zero-order valence-electron chi connectivity index (χ0n) is 11.6. The average molecular weight is 364 g/mol. The maximum atomic E-state index is 6.21. The lowest BCUT2D eigenvalue weighted by Crippen LogP contribution is -1.97. The molecule has 0 radical (unpaired) electrons. The smallest absolute Gasteiger partial charge is 0.130 e. The summed E-state index contributed by atoms with van der Waals surface area (Å²) in [5.41, 5.74) is 8.92. The van der Waals surface area contributed by atoms with E-state index in [0.29, 0.717) is 5.82 Å². The van der Waals surface area contributed by atoms with Crippen LogP contribution in [0.15, 0.2) is 40.2 Å². The van der Waals surface area contributed by atoms with E-state index in [0.717, 1.165) is 31.9 Å². The van der Waals surface area contributed by atoms with Gasteiger partial charge in [0.1, 0.15) is 17.3 Å². The van der Waals surface area contributed by atoms with Crippen LogP contribution >= 0.6 is 27.3 Å². The van der Waals surface area contributed by atoms with Crippen molar-refractivity contribution in [2.45, 2.75) is 0 Å². The van der Waals surface area contributed by atoms with Crippen LogP contribution in [-0.2, 0) is 7.05 Å². The van der Waals surface area contributed by atoms with Gasteiger partial charge < -0.3 is 10.5 Å². The predicted molar refractivity (Wildman–Crippen MR) is 90.6 cm³/mol. The second kappa shape index (κ2) is 5.54. The molecular formula is C15H14BrN3OS. The van der Waals surface area contributed by atoms with Crippen molar-refractivity contribution >= 4 is 33.1 Å². The lowest BCUT2D eigenvalue weighted by molar-refractivity contribution is 0.416. The second-order valence-electron chi connectivity index (χ2n) is 4.55. The monoisotopic (exact) mass is 363 g/mol. The summed E-state index contributed by atoms with van der Waals surface area (Å²) in [4.78, 5) is 1.10. The Hall–Kier alpha value is -1.79. The second-order valence-corrected chi connectivity index (χ2v) is 6.42. The van der Waals surface area contributed by atoms with E-state index >= 15 is 0 Å². The van der Waals surface area contributed by atoms with E-state index in [1.165, 1.54) is 0 Å². The predicted octanol–water partition coefficient (Wildman–Crippen LogP) is 4.17. The van der Waals surface area contributed by atoms with Gasteiger partial charge in [0.25, 0.3) is 0 Å². The molecule has 6 heteroatoms. The van der Waals surface area contributed by atoms with E-state index in [9.17, 15) is 0 Å². The lowest BCUT2D eigenvalue weighted by atomic mass is 10.1. The summed E-state index contributed by atoms with van der Waals surface area (Å²) in [6.45, 7) is 0. The summed E-state index contributed by atoms with van der Waals surface area (Å²) in [7, 11) is 3.50. The molecule has 3 rings (SSSR count). The van der Waals surface area contributed by atoms with Gasteiger partial charge in [-0.05, 0) is 29.6 Å². The number of rotatable bonds is 3. The Morgan fingerprint density at radius 1 is 1.33 bits per heavy atom. The molecule has 0 fully saturated rings. The number of methoxy groups -OCH3 is 1. The number of hydrogen-bond donors (Lipinski definition) is 1. The molecule has 0 saturated carbocycles. The molecule has 2 N–H and O–H groups in total. The van der Waals surface area contributed by atoms with E-state index in [1.807, 2.05) is 42.8 Å². The van der Waals surface area contributed by atoms with Crippen LogP contribution in [-0.4, -0.2) is 16.9 Å². The molecule has 1 aromatic carbocycles. The van der Waals surface area contributed by atoms with E-state index < -0.39 is 0 Å². The molecule has 0 atom stereocenters. The minimum Gasteiger partial charge on any atom is -0.496 e. The van der Waals surface area contributed by atoms with E-state index in [4.69, 9.17) is 10.5 Å². The van der Waals surface area contributed by atoms with Gasteiger partial charge in [0.15, 0.2) is 0 Å². The number of nitrogen functional groups attached to an aromatic ring is 1. The highest BCUT2D eigenvalue weighted by Gasteiger charge is 2.20. The molecule has 108 valence electrons. The number of aryl methyl sites for hydroxylation is 1. The number of ether oxygens (including phenoxy) is 1. The Balaban J connectivity index is 2.27. The first-order chi connectivity index (χ1) is 10.1. The fourth-order valence-corrected chi connectivity index (χ4v) is 3.37. The third-order valence-corrected chi connectivity index (χ3v) is 4.66. The number of anilines is 1. The minimum absolute atomic E-state index is 0.650. The fraction of sp³-hybridized carbons (Fsp3) is 0.133. The van der Waals surface area contributed by atoms with Crippen molar-refractivity contribution in [3.63, 3.8) is 0 Å². The molecule has 0 aliphatic carbocycles. The van der Waals surface area contributed by atoms with Crippen LogP contribution in [0.5, 0.6) is 5.75 Å². The zero-order valence-corrected chi connectivity index (χ0v) is 14.0. The summed E-state index contributed by atoms with van der Waals surface area (Å²) in [5, 5.41) is 6.61. The molecule has 0 unspecified atom stereocenters. The van der Waals surface area contributed by atoms with Gasteiger partial charge in [-0.1, -0.05) is 22.0 Å². The van der Waals surface area contributed by atoms with Crippen LogP contribution in [0.4, 0.5) is 5.82 Å². The molecule has 0 bridgehead atoms. The number of aromatic nitrogens is 2. The fourth-order valence-electron chi connectivity index (χ4n) is 2.25. The van der Waals surface area contributed by atoms with Gasteiger partial charge in [0, 0.05) is 22.0 Å². The van der Waals surface area contributed by atoms with Crippen molar-refractivity contribution in [2.24, 2.45) is 7.05 Å². The third kappa shape index (κ3) is 2.45. The highest BCUT2D eigenvalue weighted by molar-refractivity contribution is 9.10. The third-order valence-electron chi connectivity index (χ3n) is 3.28. The summed E-state index contributed by atoms with van der Waals surface area (Å²) >= 11 is 5.10. The number of hydrogen-bond acceptors (Lipinski definition) is 4. The topological polar surface area (TPSA) is 53.1 Å². The Morgan fingerprint density at radius 3 is 2.81 bits per heavy atom. The molecule has 21 heavy (non-hydrogen) atoms. The number of benzene rings is 1. The number of thiophene rings is 1. The summed E-state index contributed by atoms with van der Waals surface area (Å²) < 4.78 is 8.15. The van der Waals surface area contributed by atoms with Crippen molar-refractivity contribution in [2.75, 3.05) is 12.8 Å². The van der Waals surface area contributed by atoms with Crippen molar-refractivity contribution in [3.05, 3.63) is 40.2 Å². The summed E-state index contributed by atoms with van der Waals surface area (Å²) in [6.07, 6.45) is 0. The molecule has 3 aromatic rings. The van der Waals surface area contributed by atoms with E-state index in [2.05, 4.69) is 21.0 Å². The van der Waals surface area contributed by atoms with Crippen molar-refractivity contribution < 1.29 is 4.74 Å². The van der Waals surface area contributed by atoms with Crippen LogP contribution in [0.3, 0.4) is 0 Å². The molecule has 2 heterocycles. The van der Waals surface area contributed by atoms with Crippen LogP contribution < -0.4 is 10.5 Å². The summed E-state index contributed by atoms with van der Waals surface area (Å²) in [5.74, 6) is 1.41. The first-order valence-corrected chi connectivity index (χ1v) is 7.99. The van der Waals surface area contributed by atoms with Gasteiger partial charge in [-0.3, -0.25) is 4.68 Å². The quantitative estimate of drug-likeness (QED) is 0.759. The number of halogens is 1. The van der Waals surface area contributed by atoms with Crippen LogP contribution in [0.2, 0.25) is 0 Å². The highest BCUT2D eigenvalue weighted by atomic mass is 79.9. The van der Waals surface area contributed by atoms with Gasteiger partial charge in [-0.25, -0.2) is 0 Å². The van der Waals surface area contributed by atoms with Gasteiger partial charge in [0.2, 0.25) is 0 Å². The van der Waals surface area contributed by atoms with E-state index in [1.54, 1.807) is 23.1 Å². The zero-order chi connectivity index (χ0) is 15.0. The van der Waals surface area contributed by atoms with Gasteiger partial charge in [-0.2, -0.15) is 5.10 Å². The van der Waals surface area contributed by atoms with Crippen LogP contribution in [0.25, 0.3) is 21.7 Å². The Bertz CT molecular complexity index is 781. The van der Waals surface area contributed by atoms with Gasteiger partial charge in [0.05, 0.1) is 12.7 Å². The maximum absolute atomic E-state index is 6.21. The lowest BCUT2D eigenvalue weighted by Gasteiger charge is -2.08. The van der Waals surface area contributed by atoms with Gasteiger partial charge in [-0.15, -0.1) is 11.3 Å². The normalized spacial score (nSPS) is 10.8. The van der Waals surface area contributed by atoms with E-state index in [-0.39, 0.29) is 0 Å². The molecule has 0 aliphatic rings. The van der Waals surface area contributed by atoms with Crippen LogP contribution in [0.1, 0.15) is 0 Å². The molecule has 0 spiro atoms. The Kier molecular flexibility index (Phi) is 3.73. The number of nitrogens with zero attached hydrogens (tertiary/aromatic N) is 2. The molecule has 0 amide bonds. The molecule has 0 saturated heterocycles. The highest BCUT2D eigenvalue weighted by Crippen LogP contribution is 2.41. The number of nitrogens with two attached hydrogens (primary N) is 1. The summed E-state index contributed by atoms with van der Waals surface area (Å²) in [6, 6.07) is 9.95. The van der Waals surface area contributed by atoms with Crippen molar-refractivity contribution in [1.29, 1.82) is 0 Å². The Labute approximate surface area is 135 Å². The Morgan fingerprint density at radius 2 is 2.14 bits per heavy atom. The molecule has 4 nitrogen and oxygen atoms in total. The maximum Gasteiger partial charge on any atom is 0.130 e. The average Bonchev–Trinajstić information content (AvgIpc) is 3.08. The SMILES string of the molecule is COc1cc(Br)ccc1-c1nn(C)c(N)c1-c1cccs1.